The van der Waals surface area contributed by atoms with Crippen LogP contribution in [0.1, 0.15) is 30.3 Å². The Hall–Kier alpha value is -1.71. The highest BCUT2D eigenvalue weighted by atomic mass is 15.0. The summed E-state index contributed by atoms with van der Waals surface area (Å²) in [6, 6.07) is 4.12. The van der Waals surface area contributed by atoms with Crippen molar-refractivity contribution >= 4 is 0 Å². The zero-order valence-electron chi connectivity index (χ0n) is 10.1. The standard InChI is InChI=1S/C13H17N3/c1-4-5-6-7-15-10-12-8-13(9-14)16(3)11(12)2/h8,15H,6-7,10H2,1-3H3. The van der Waals surface area contributed by atoms with Crippen LogP contribution in [0.25, 0.3) is 0 Å². The van der Waals surface area contributed by atoms with Gasteiger partial charge in [-0.3, -0.25) is 0 Å². The fourth-order valence-electron chi connectivity index (χ4n) is 1.55. The number of nitrogens with zero attached hydrogens (tertiary/aromatic N) is 2. The van der Waals surface area contributed by atoms with Crippen LogP contribution in [-0.4, -0.2) is 11.1 Å². The van der Waals surface area contributed by atoms with Crippen LogP contribution in [0.15, 0.2) is 6.07 Å². The van der Waals surface area contributed by atoms with Gasteiger partial charge in [-0.2, -0.15) is 5.26 Å². The van der Waals surface area contributed by atoms with Gasteiger partial charge < -0.3 is 9.88 Å². The van der Waals surface area contributed by atoms with Crippen molar-refractivity contribution in [3.8, 4) is 17.9 Å². The highest BCUT2D eigenvalue weighted by Crippen LogP contribution is 2.12. The molecule has 0 saturated heterocycles. The van der Waals surface area contributed by atoms with Crippen molar-refractivity contribution in [1.29, 1.82) is 5.26 Å². The van der Waals surface area contributed by atoms with Crippen molar-refractivity contribution < 1.29 is 0 Å². The fourth-order valence-corrected chi connectivity index (χ4v) is 1.55. The Kier molecular flexibility index (Phi) is 4.64. The minimum Gasteiger partial charge on any atom is -0.340 e. The van der Waals surface area contributed by atoms with E-state index in [0.717, 1.165) is 25.2 Å². The van der Waals surface area contributed by atoms with E-state index in [2.05, 4.69) is 23.2 Å². The second-order valence-electron chi connectivity index (χ2n) is 3.66. The first-order valence-electron chi connectivity index (χ1n) is 5.36. The molecule has 84 valence electrons. The van der Waals surface area contributed by atoms with Crippen LogP contribution in [0, 0.1) is 30.1 Å². The summed E-state index contributed by atoms with van der Waals surface area (Å²) in [7, 11) is 1.92. The van der Waals surface area contributed by atoms with Crippen LogP contribution >= 0.6 is 0 Å². The zero-order chi connectivity index (χ0) is 12.0. The van der Waals surface area contributed by atoms with E-state index in [1.165, 1.54) is 5.56 Å². The van der Waals surface area contributed by atoms with Crippen LogP contribution < -0.4 is 5.32 Å². The Morgan fingerprint density at radius 1 is 1.50 bits per heavy atom. The second kappa shape index (κ2) is 6.00. The molecule has 0 aromatic carbocycles. The van der Waals surface area contributed by atoms with Crippen molar-refractivity contribution in [3.63, 3.8) is 0 Å². The van der Waals surface area contributed by atoms with E-state index in [1.54, 1.807) is 0 Å². The maximum Gasteiger partial charge on any atom is 0.120 e. The Morgan fingerprint density at radius 3 is 2.81 bits per heavy atom. The maximum absolute atomic E-state index is 8.89. The normalized spacial score (nSPS) is 9.38. The molecule has 1 aromatic heterocycles. The van der Waals surface area contributed by atoms with Gasteiger partial charge in [0.1, 0.15) is 11.8 Å². The van der Waals surface area contributed by atoms with Gasteiger partial charge in [-0.25, -0.2) is 0 Å². The first-order valence-corrected chi connectivity index (χ1v) is 5.36. The minimum atomic E-state index is 0.711. The summed E-state index contributed by atoms with van der Waals surface area (Å²) in [4.78, 5) is 0. The lowest BCUT2D eigenvalue weighted by molar-refractivity contribution is 0.695. The molecule has 1 heterocycles. The second-order valence-corrected chi connectivity index (χ2v) is 3.66. The van der Waals surface area contributed by atoms with Crippen molar-refractivity contribution in [2.75, 3.05) is 6.54 Å². The topological polar surface area (TPSA) is 40.8 Å². The molecule has 3 heteroatoms. The first kappa shape index (κ1) is 12.4. The smallest absolute Gasteiger partial charge is 0.120 e. The predicted molar refractivity (Wildman–Crippen MR) is 64.6 cm³/mol. The SMILES string of the molecule is CC#CCCNCc1cc(C#N)n(C)c1C. The van der Waals surface area contributed by atoms with Crippen molar-refractivity contribution in [1.82, 2.24) is 9.88 Å². The van der Waals surface area contributed by atoms with Gasteiger partial charge in [0.25, 0.3) is 0 Å². The molecular weight excluding hydrogens is 198 g/mol. The molecule has 0 radical (unpaired) electrons. The van der Waals surface area contributed by atoms with Gasteiger partial charge >= 0.3 is 0 Å². The van der Waals surface area contributed by atoms with Crippen LogP contribution in [0.4, 0.5) is 0 Å². The van der Waals surface area contributed by atoms with E-state index in [0.29, 0.717) is 5.69 Å². The quantitative estimate of drug-likeness (QED) is 0.613. The van der Waals surface area contributed by atoms with E-state index in [9.17, 15) is 0 Å². The molecule has 0 atom stereocenters. The molecule has 3 nitrogen and oxygen atoms in total. The van der Waals surface area contributed by atoms with E-state index < -0.39 is 0 Å². The molecule has 0 unspecified atom stereocenters. The van der Waals surface area contributed by atoms with Crippen molar-refractivity contribution in [3.05, 3.63) is 23.0 Å². The van der Waals surface area contributed by atoms with Crippen LogP contribution in [0.2, 0.25) is 0 Å². The summed E-state index contributed by atoms with van der Waals surface area (Å²) >= 11 is 0. The highest BCUT2D eigenvalue weighted by molar-refractivity contribution is 5.34. The Balaban J connectivity index is 2.54. The molecule has 0 spiro atoms. The van der Waals surface area contributed by atoms with Gasteiger partial charge in [0.15, 0.2) is 0 Å². The lowest BCUT2D eigenvalue weighted by Crippen LogP contribution is -2.14. The number of nitrogens with one attached hydrogen (secondary N) is 1. The van der Waals surface area contributed by atoms with Gasteiger partial charge in [-0.05, 0) is 25.5 Å². The molecule has 0 aliphatic carbocycles. The van der Waals surface area contributed by atoms with Crippen LogP contribution in [0.3, 0.4) is 0 Å². The van der Waals surface area contributed by atoms with Crippen molar-refractivity contribution in [2.24, 2.45) is 7.05 Å². The number of hydrogen-bond acceptors (Lipinski definition) is 2. The summed E-state index contributed by atoms with van der Waals surface area (Å²) in [6.07, 6.45) is 0.869. The summed E-state index contributed by atoms with van der Waals surface area (Å²) in [5.74, 6) is 5.87. The Morgan fingerprint density at radius 2 is 2.25 bits per heavy atom. The third kappa shape index (κ3) is 2.89. The molecular formula is C13H17N3. The monoisotopic (exact) mass is 215 g/mol. The molecule has 0 aliphatic heterocycles. The summed E-state index contributed by atoms with van der Waals surface area (Å²) in [6.45, 7) is 5.56. The predicted octanol–water partition coefficient (Wildman–Crippen LogP) is 1.71. The van der Waals surface area contributed by atoms with Gasteiger partial charge in [-0.15, -0.1) is 11.8 Å². The average molecular weight is 215 g/mol. The molecule has 1 aromatic rings. The summed E-state index contributed by atoms with van der Waals surface area (Å²) < 4.78 is 1.92. The third-order valence-electron chi connectivity index (χ3n) is 2.67. The number of rotatable bonds is 4. The molecule has 0 saturated carbocycles. The molecule has 1 N–H and O–H groups in total. The summed E-state index contributed by atoms with van der Waals surface area (Å²) in [5, 5.41) is 12.2. The van der Waals surface area contributed by atoms with Gasteiger partial charge in [0.2, 0.25) is 0 Å². The fraction of sp³-hybridized carbons (Fsp3) is 0.462. The average Bonchev–Trinajstić information content (AvgIpc) is 2.56. The number of nitriles is 1. The van der Waals surface area contributed by atoms with E-state index in [1.807, 2.05) is 31.5 Å². The van der Waals surface area contributed by atoms with E-state index in [-0.39, 0.29) is 0 Å². The van der Waals surface area contributed by atoms with Crippen molar-refractivity contribution in [2.45, 2.75) is 26.8 Å². The van der Waals surface area contributed by atoms with Gasteiger partial charge in [-0.1, -0.05) is 0 Å². The largest absolute Gasteiger partial charge is 0.340 e. The Bertz CT molecular complexity index is 452. The van der Waals surface area contributed by atoms with E-state index in [4.69, 9.17) is 5.26 Å². The molecule has 0 amide bonds. The Labute approximate surface area is 97.1 Å². The highest BCUT2D eigenvalue weighted by Gasteiger charge is 2.07. The van der Waals surface area contributed by atoms with Crippen LogP contribution in [-0.2, 0) is 13.6 Å². The molecule has 0 fully saturated rings. The van der Waals surface area contributed by atoms with Gasteiger partial charge in [0, 0.05) is 32.3 Å². The lowest BCUT2D eigenvalue weighted by atomic mass is 10.2. The zero-order valence-corrected chi connectivity index (χ0v) is 10.1. The molecule has 1 rings (SSSR count). The maximum atomic E-state index is 8.89. The lowest BCUT2D eigenvalue weighted by Gasteiger charge is -2.03. The minimum absolute atomic E-state index is 0.711. The third-order valence-corrected chi connectivity index (χ3v) is 2.67. The first-order chi connectivity index (χ1) is 7.70. The number of hydrogen-bond donors (Lipinski definition) is 1. The van der Waals surface area contributed by atoms with Gasteiger partial charge in [0.05, 0.1) is 0 Å². The van der Waals surface area contributed by atoms with Crippen LogP contribution in [0.5, 0.6) is 0 Å². The summed E-state index contributed by atoms with van der Waals surface area (Å²) in [5.41, 5.74) is 3.04. The van der Waals surface area contributed by atoms with E-state index >= 15 is 0 Å². The molecule has 0 bridgehead atoms. The number of aromatic nitrogens is 1. The molecule has 16 heavy (non-hydrogen) atoms. The molecule has 0 aliphatic rings.